The van der Waals surface area contributed by atoms with Crippen LogP contribution in [0.1, 0.15) is 12.5 Å². The summed E-state index contributed by atoms with van der Waals surface area (Å²) >= 11 is 0. The molecule has 2 rings (SSSR count). The van der Waals surface area contributed by atoms with Crippen LogP contribution in [0.3, 0.4) is 0 Å². The van der Waals surface area contributed by atoms with Gasteiger partial charge in [0.25, 0.3) is 0 Å². The fraction of sp³-hybridized carbons (Fsp3) is 0.429. The van der Waals surface area contributed by atoms with Crippen LogP contribution < -0.4 is 10.9 Å². The van der Waals surface area contributed by atoms with Gasteiger partial charge in [-0.1, -0.05) is 0 Å². The van der Waals surface area contributed by atoms with Gasteiger partial charge in [-0.25, -0.2) is 15.4 Å². The Hall–Kier alpha value is -1.16. The van der Waals surface area contributed by atoms with E-state index in [1.54, 1.807) is 6.33 Å². The molecular weight excluding hydrogens is 140 g/mol. The number of hydrogen-bond donors (Lipinski definition) is 2. The van der Waals surface area contributed by atoms with Crippen molar-refractivity contribution >= 4 is 5.82 Å². The predicted molar refractivity (Wildman–Crippen MR) is 42.0 cm³/mol. The van der Waals surface area contributed by atoms with E-state index in [9.17, 15) is 0 Å². The quantitative estimate of drug-likeness (QED) is 0.560. The highest BCUT2D eigenvalue weighted by atomic mass is 15.4. The fourth-order valence-corrected chi connectivity index (χ4v) is 1.19. The number of fused-ring (bicyclic) bond motifs is 1. The molecule has 0 amide bonds. The van der Waals surface area contributed by atoms with Crippen LogP contribution in [-0.4, -0.2) is 16.0 Å². The Labute approximate surface area is 65.0 Å². The number of hydrogen-bond acceptors (Lipinski definition) is 4. The van der Waals surface area contributed by atoms with Gasteiger partial charge in [-0.05, 0) is 13.3 Å². The third kappa shape index (κ3) is 1.17. The SMILES string of the molecule is CC1Cc2cncnc2NN1. The van der Waals surface area contributed by atoms with Crippen molar-refractivity contribution in [3.8, 4) is 0 Å². The summed E-state index contributed by atoms with van der Waals surface area (Å²) in [5.74, 6) is 0.901. The van der Waals surface area contributed by atoms with Gasteiger partial charge in [0.2, 0.25) is 0 Å². The Morgan fingerprint density at radius 1 is 1.64 bits per heavy atom. The molecule has 1 aliphatic heterocycles. The van der Waals surface area contributed by atoms with Gasteiger partial charge in [0.15, 0.2) is 0 Å². The number of rotatable bonds is 0. The number of nitrogens with one attached hydrogen (secondary N) is 2. The van der Waals surface area contributed by atoms with E-state index in [0.717, 1.165) is 12.2 Å². The van der Waals surface area contributed by atoms with E-state index in [0.29, 0.717) is 6.04 Å². The molecule has 4 nitrogen and oxygen atoms in total. The Bertz CT molecular complexity index is 260. The van der Waals surface area contributed by atoms with Crippen LogP contribution in [0.4, 0.5) is 5.82 Å². The second kappa shape index (κ2) is 2.47. The van der Waals surface area contributed by atoms with Gasteiger partial charge in [0.1, 0.15) is 12.1 Å². The number of nitrogens with zero attached hydrogens (tertiary/aromatic N) is 2. The van der Waals surface area contributed by atoms with E-state index < -0.39 is 0 Å². The van der Waals surface area contributed by atoms with Crippen molar-refractivity contribution in [2.24, 2.45) is 0 Å². The number of aromatic nitrogens is 2. The standard InChI is InChI=1S/C7H10N4/c1-5-2-6-3-8-4-9-7(6)11-10-5/h3-5,10H,2H2,1H3,(H,8,9,11). The molecule has 0 radical (unpaired) electrons. The molecule has 1 unspecified atom stereocenters. The molecule has 0 aromatic carbocycles. The average Bonchev–Trinajstić information content (AvgIpc) is 2.04. The van der Waals surface area contributed by atoms with E-state index >= 15 is 0 Å². The Balaban J connectivity index is 2.34. The van der Waals surface area contributed by atoms with Gasteiger partial charge in [0.05, 0.1) is 0 Å². The van der Waals surface area contributed by atoms with Gasteiger partial charge in [-0.2, -0.15) is 0 Å². The van der Waals surface area contributed by atoms with Crippen LogP contribution in [0.2, 0.25) is 0 Å². The molecule has 0 aliphatic carbocycles. The van der Waals surface area contributed by atoms with Gasteiger partial charge < -0.3 is 5.43 Å². The van der Waals surface area contributed by atoms with Crippen LogP contribution in [0.15, 0.2) is 12.5 Å². The molecule has 0 bridgehead atoms. The lowest BCUT2D eigenvalue weighted by Gasteiger charge is -2.22. The summed E-state index contributed by atoms with van der Waals surface area (Å²) in [6.45, 7) is 2.11. The average molecular weight is 150 g/mol. The van der Waals surface area contributed by atoms with E-state index in [2.05, 4.69) is 27.7 Å². The summed E-state index contributed by atoms with van der Waals surface area (Å²) in [5, 5.41) is 0. The first-order valence-corrected chi connectivity index (χ1v) is 3.66. The largest absolute Gasteiger partial charge is 0.305 e. The van der Waals surface area contributed by atoms with Crippen LogP contribution in [0, 0.1) is 0 Å². The topological polar surface area (TPSA) is 49.8 Å². The van der Waals surface area contributed by atoms with Crippen LogP contribution in [0.25, 0.3) is 0 Å². The van der Waals surface area contributed by atoms with Crippen LogP contribution in [0.5, 0.6) is 0 Å². The Morgan fingerprint density at radius 3 is 3.45 bits per heavy atom. The second-order valence-corrected chi connectivity index (χ2v) is 2.77. The molecule has 0 saturated heterocycles. The van der Waals surface area contributed by atoms with E-state index in [4.69, 9.17) is 0 Å². The minimum atomic E-state index is 0.452. The zero-order valence-electron chi connectivity index (χ0n) is 6.33. The summed E-state index contributed by atoms with van der Waals surface area (Å²) < 4.78 is 0. The summed E-state index contributed by atoms with van der Waals surface area (Å²) in [7, 11) is 0. The van der Waals surface area contributed by atoms with Gasteiger partial charge >= 0.3 is 0 Å². The van der Waals surface area contributed by atoms with Crippen molar-refractivity contribution in [3.63, 3.8) is 0 Å². The molecule has 0 spiro atoms. The van der Waals surface area contributed by atoms with Crippen LogP contribution >= 0.6 is 0 Å². The molecule has 1 aliphatic rings. The monoisotopic (exact) mass is 150 g/mol. The molecule has 11 heavy (non-hydrogen) atoms. The van der Waals surface area contributed by atoms with Gasteiger partial charge in [-0.15, -0.1) is 0 Å². The van der Waals surface area contributed by atoms with Gasteiger partial charge in [0, 0.05) is 17.8 Å². The lowest BCUT2D eigenvalue weighted by atomic mass is 10.1. The zero-order chi connectivity index (χ0) is 7.68. The van der Waals surface area contributed by atoms with Gasteiger partial charge in [-0.3, -0.25) is 0 Å². The van der Waals surface area contributed by atoms with Crippen molar-refractivity contribution in [1.29, 1.82) is 0 Å². The molecule has 1 aromatic rings. The summed E-state index contributed by atoms with van der Waals surface area (Å²) in [5.41, 5.74) is 7.29. The smallest absolute Gasteiger partial charge is 0.146 e. The maximum Gasteiger partial charge on any atom is 0.146 e. The molecule has 1 atom stereocenters. The third-order valence-electron chi connectivity index (χ3n) is 1.75. The molecule has 58 valence electrons. The predicted octanol–water partition coefficient (Wildman–Crippen LogP) is 0.338. The second-order valence-electron chi connectivity index (χ2n) is 2.77. The maximum absolute atomic E-state index is 4.07. The van der Waals surface area contributed by atoms with Crippen LogP contribution in [-0.2, 0) is 6.42 Å². The minimum Gasteiger partial charge on any atom is -0.305 e. The molecule has 0 fully saturated rings. The fourth-order valence-electron chi connectivity index (χ4n) is 1.19. The highest BCUT2D eigenvalue weighted by Crippen LogP contribution is 2.14. The van der Waals surface area contributed by atoms with Crippen molar-refractivity contribution in [1.82, 2.24) is 15.4 Å². The molecule has 2 N–H and O–H groups in total. The molecule has 0 saturated carbocycles. The van der Waals surface area contributed by atoms with Crippen molar-refractivity contribution in [2.75, 3.05) is 5.43 Å². The van der Waals surface area contributed by atoms with E-state index in [-0.39, 0.29) is 0 Å². The lowest BCUT2D eigenvalue weighted by Crippen LogP contribution is -2.38. The molecule has 2 heterocycles. The number of anilines is 1. The number of hydrazine groups is 1. The van der Waals surface area contributed by atoms with E-state index in [1.165, 1.54) is 5.56 Å². The first-order valence-electron chi connectivity index (χ1n) is 3.66. The van der Waals surface area contributed by atoms with Crippen molar-refractivity contribution in [2.45, 2.75) is 19.4 Å². The molecule has 4 heteroatoms. The Morgan fingerprint density at radius 2 is 2.55 bits per heavy atom. The summed E-state index contributed by atoms with van der Waals surface area (Å²) in [6, 6.07) is 0.452. The summed E-state index contributed by atoms with van der Waals surface area (Å²) in [6.07, 6.45) is 4.39. The maximum atomic E-state index is 4.07. The van der Waals surface area contributed by atoms with Crippen molar-refractivity contribution in [3.05, 3.63) is 18.1 Å². The third-order valence-corrected chi connectivity index (χ3v) is 1.75. The Kier molecular flexibility index (Phi) is 1.47. The summed E-state index contributed by atoms with van der Waals surface area (Å²) in [4.78, 5) is 8.02. The first kappa shape index (κ1) is 6.54. The highest BCUT2D eigenvalue weighted by Gasteiger charge is 2.13. The normalized spacial score (nSPS) is 22.1. The lowest BCUT2D eigenvalue weighted by molar-refractivity contribution is 0.574. The minimum absolute atomic E-state index is 0.452. The zero-order valence-corrected chi connectivity index (χ0v) is 6.33. The van der Waals surface area contributed by atoms with Crippen molar-refractivity contribution < 1.29 is 0 Å². The van der Waals surface area contributed by atoms with E-state index in [1.807, 2.05) is 6.20 Å². The highest BCUT2D eigenvalue weighted by molar-refractivity contribution is 5.43. The first-order chi connectivity index (χ1) is 5.36. The molecule has 1 aromatic heterocycles. The molecular formula is C7H10N4.